The molecule has 0 aromatic heterocycles. The lowest BCUT2D eigenvalue weighted by molar-refractivity contribution is -0.137. The van der Waals surface area contributed by atoms with Crippen molar-refractivity contribution in [2.75, 3.05) is 33.4 Å². The number of carbonyl (C=O) groups excluding carboxylic acids is 2. The van der Waals surface area contributed by atoms with E-state index < -0.39 is 34.9 Å². The van der Waals surface area contributed by atoms with Crippen molar-refractivity contribution in [3.63, 3.8) is 0 Å². The van der Waals surface area contributed by atoms with Crippen LogP contribution in [-0.2, 0) is 27.0 Å². The van der Waals surface area contributed by atoms with E-state index >= 15 is 0 Å². The Bertz CT molecular complexity index is 962. The first-order valence-corrected chi connectivity index (χ1v) is 11.6. The van der Waals surface area contributed by atoms with Crippen LogP contribution in [0.4, 0.5) is 22.4 Å². The van der Waals surface area contributed by atoms with Crippen molar-refractivity contribution in [3.05, 3.63) is 35.1 Å². The second-order valence-electron chi connectivity index (χ2n) is 9.65. The fourth-order valence-corrected chi connectivity index (χ4v) is 5.68. The van der Waals surface area contributed by atoms with Crippen molar-refractivity contribution < 1.29 is 36.6 Å². The number of amides is 3. The molecule has 2 heterocycles. The van der Waals surface area contributed by atoms with Crippen molar-refractivity contribution in [1.29, 1.82) is 0 Å². The monoisotopic (exact) mass is 502 g/mol. The Kier molecular flexibility index (Phi) is 7.26. The Morgan fingerprint density at radius 2 is 2.09 bits per heavy atom. The SMILES string of the molecule is CO[C@@H]1COCC[C@@H]1N[C@@H]1C[C@H]2CN(C(=O)NCc3cc(F)cc(C(F)(F)F)c3)C[C@@]2(C(N)=O)C1. The molecule has 0 bridgehead atoms. The molecule has 1 saturated carbocycles. The van der Waals surface area contributed by atoms with E-state index in [1.165, 1.54) is 4.90 Å². The molecule has 35 heavy (non-hydrogen) atoms. The summed E-state index contributed by atoms with van der Waals surface area (Å²) in [4.78, 5) is 26.7. The van der Waals surface area contributed by atoms with Crippen LogP contribution < -0.4 is 16.4 Å². The molecule has 1 aromatic rings. The summed E-state index contributed by atoms with van der Waals surface area (Å²) in [6.45, 7) is 1.25. The Morgan fingerprint density at radius 3 is 2.74 bits per heavy atom. The van der Waals surface area contributed by atoms with Gasteiger partial charge in [-0.3, -0.25) is 4.79 Å². The molecule has 3 aliphatic rings. The number of ether oxygens (including phenoxy) is 2. The number of halogens is 4. The molecule has 1 aliphatic carbocycles. The van der Waals surface area contributed by atoms with Crippen LogP contribution in [0.15, 0.2) is 18.2 Å². The van der Waals surface area contributed by atoms with Crippen molar-refractivity contribution in [3.8, 4) is 0 Å². The number of hydrogen-bond acceptors (Lipinski definition) is 5. The maximum Gasteiger partial charge on any atom is 0.416 e. The van der Waals surface area contributed by atoms with Gasteiger partial charge in [-0.15, -0.1) is 0 Å². The van der Waals surface area contributed by atoms with Gasteiger partial charge in [0.05, 0.1) is 23.7 Å². The van der Waals surface area contributed by atoms with Crippen molar-refractivity contribution >= 4 is 11.9 Å². The van der Waals surface area contributed by atoms with Crippen LogP contribution in [0.2, 0.25) is 0 Å². The number of alkyl halides is 3. The average Bonchev–Trinajstić information content (AvgIpc) is 3.32. The third kappa shape index (κ3) is 5.39. The van der Waals surface area contributed by atoms with Gasteiger partial charge in [-0.2, -0.15) is 13.2 Å². The zero-order valence-corrected chi connectivity index (χ0v) is 19.4. The number of primary amides is 1. The van der Waals surface area contributed by atoms with E-state index in [-0.39, 0.29) is 42.8 Å². The first-order chi connectivity index (χ1) is 16.5. The molecule has 3 fully saturated rings. The Hall–Kier alpha value is -2.44. The molecule has 0 radical (unpaired) electrons. The summed E-state index contributed by atoms with van der Waals surface area (Å²) in [5.74, 6) is -1.65. The Balaban J connectivity index is 1.37. The highest BCUT2D eigenvalue weighted by atomic mass is 19.4. The number of nitrogens with one attached hydrogen (secondary N) is 2. The molecule has 12 heteroatoms. The number of carbonyl (C=O) groups is 2. The molecule has 1 aromatic carbocycles. The van der Waals surface area contributed by atoms with Crippen LogP contribution in [0.3, 0.4) is 0 Å². The number of urea groups is 1. The van der Waals surface area contributed by atoms with E-state index in [9.17, 15) is 27.2 Å². The lowest BCUT2D eigenvalue weighted by Crippen LogP contribution is -2.51. The first kappa shape index (κ1) is 25.6. The standard InChI is InChI=1S/C23H30F4N4O4/c1-34-19-11-35-3-2-18(19)30-17-7-15-10-31(12-22(15,8-17)20(28)32)21(33)29-9-13-4-14(23(25,26)27)6-16(24)5-13/h4-6,15,17-19,30H,2-3,7-12H2,1H3,(H2,28,32)(H,29,33)/t15-,17+,18-,19+,22-/m0/s1. The minimum absolute atomic E-state index is 0.0110. The van der Waals surface area contributed by atoms with E-state index in [4.69, 9.17) is 15.2 Å². The normalized spacial score (nSPS) is 30.8. The second kappa shape index (κ2) is 9.90. The van der Waals surface area contributed by atoms with Gasteiger partial charge in [-0.05, 0) is 48.9 Å². The van der Waals surface area contributed by atoms with Crippen LogP contribution in [0.1, 0.15) is 30.4 Å². The van der Waals surface area contributed by atoms with Crippen LogP contribution in [-0.4, -0.2) is 68.4 Å². The van der Waals surface area contributed by atoms with Crippen LogP contribution in [0, 0.1) is 17.2 Å². The summed E-state index contributed by atoms with van der Waals surface area (Å²) < 4.78 is 63.4. The molecule has 2 saturated heterocycles. The molecule has 3 amide bonds. The van der Waals surface area contributed by atoms with Gasteiger partial charge in [-0.25, -0.2) is 9.18 Å². The molecule has 8 nitrogen and oxygen atoms in total. The molecule has 4 rings (SSSR count). The lowest BCUT2D eigenvalue weighted by Gasteiger charge is -2.34. The summed E-state index contributed by atoms with van der Waals surface area (Å²) in [5.41, 5.74) is 3.79. The van der Waals surface area contributed by atoms with Gasteiger partial charge in [0.15, 0.2) is 0 Å². The first-order valence-electron chi connectivity index (χ1n) is 11.6. The molecule has 0 unspecified atom stereocenters. The van der Waals surface area contributed by atoms with Crippen LogP contribution in [0.5, 0.6) is 0 Å². The molecule has 5 atom stereocenters. The topological polar surface area (TPSA) is 106 Å². The number of likely N-dealkylation sites (tertiary alicyclic amines) is 1. The van der Waals surface area contributed by atoms with E-state index in [1.807, 2.05) is 0 Å². The predicted octanol–water partition coefficient (Wildman–Crippen LogP) is 2.01. The molecule has 0 spiro atoms. The number of rotatable bonds is 6. The fraction of sp³-hybridized carbons (Fsp3) is 0.652. The maximum atomic E-state index is 13.6. The van der Waals surface area contributed by atoms with E-state index in [2.05, 4.69) is 10.6 Å². The zero-order valence-electron chi connectivity index (χ0n) is 19.4. The van der Waals surface area contributed by atoms with Crippen molar-refractivity contribution in [1.82, 2.24) is 15.5 Å². The summed E-state index contributed by atoms with van der Waals surface area (Å²) in [7, 11) is 1.63. The maximum absolute atomic E-state index is 13.6. The lowest BCUT2D eigenvalue weighted by atomic mass is 9.80. The minimum Gasteiger partial charge on any atom is -0.379 e. The zero-order chi connectivity index (χ0) is 25.4. The summed E-state index contributed by atoms with van der Waals surface area (Å²) >= 11 is 0. The number of nitrogens with zero attached hydrogens (tertiary/aromatic N) is 1. The Labute approximate surface area is 200 Å². The highest BCUT2D eigenvalue weighted by Crippen LogP contribution is 2.49. The minimum atomic E-state index is -4.69. The fourth-order valence-electron chi connectivity index (χ4n) is 5.68. The molecular weight excluding hydrogens is 472 g/mol. The van der Waals surface area contributed by atoms with Gasteiger partial charge < -0.3 is 30.7 Å². The average molecular weight is 503 g/mol. The van der Waals surface area contributed by atoms with Gasteiger partial charge in [0.2, 0.25) is 5.91 Å². The predicted molar refractivity (Wildman–Crippen MR) is 117 cm³/mol. The van der Waals surface area contributed by atoms with Gasteiger partial charge in [0, 0.05) is 45.4 Å². The Morgan fingerprint density at radius 1 is 1.31 bits per heavy atom. The summed E-state index contributed by atoms with van der Waals surface area (Å²) in [6, 6.07) is 1.74. The van der Waals surface area contributed by atoms with Gasteiger partial charge in [-0.1, -0.05) is 0 Å². The number of fused-ring (bicyclic) bond motifs is 1. The van der Waals surface area contributed by atoms with E-state index in [1.54, 1.807) is 7.11 Å². The highest BCUT2D eigenvalue weighted by molar-refractivity contribution is 5.84. The number of hydrogen-bond donors (Lipinski definition) is 3. The summed E-state index contributed by atoms with van der Waals surface area (Å²) in [5, 5.41) is 6.12. The van der Waals surface area contributed by atoms with Crippen LogP contribution >= 0.6 is 0 Å². The van der Waals surface area contributed by atoms with E-state index in [0.29, 0.717) is 38.7 Å². The molecule has 194 valence electrons. The number of methoxy groups -OCH3 is 1. The number of benzene rings is 1. The molecule has 2 aliphatic heterocycles. The number of nitrogens with two attached hydrogens (primary N) is 1. The quantitative estimate of drug-likeness (QED) is 0.517. The molecule has 4 N–H and O–H groups in total. The van der Waals surface area contributed by atoms with E-state index in [0.717, 1.165) is 18.6 Å². The largest absolute Gasteiger partial charge is 0.416 e. The van der Waals surface area contributed by atoms with Gasteiger partial charge >= 0.3 is 12.2 Å². The van der Waals surface area contributed by atoms with Gasteiger partial charge in [0.1, 0.15) is 5.82 Å². The third-order valence-corrected chi connectivity index (χ3v) is 7.44. The van der Waals surface area contributed by atoms with Crippen LogP contribution in [0.25, 0.3) is 0 Å². The molecular formula is C23H30F4N4O4. The highest BCUT2D eigenvalue weighted by Gasteiger charge is 2.57. The summed E-state index contributed by atoms with van der Waals surface area (Å²) in [6.07, 6.45) is -2.87. The van der Waals surface area contributed by atoms with Crippen molar-refractivity contribution in [2.24, 2.45) is 17.1 Å². The second-order valence-corrected chi connectivity index (χ2v) is 9.65. The van der Waals surface area contributed by atoms with Crippen molar-refractivity contribution in [2.45, 2.75) is 50.2 Å². The third-order valence-electron chi connectivity index (χ3n) is 7.44. The smallest absolute Gasteiger partial charge is 0.379 e. The van der Waals surface area contributed by atoms with Gasteiger partial charge in [0.25, 0.3) is 0 Å².